The summed E-state index contributed by atoms with van der Waals surface area (Å²) in [5, 5.41) is 4.57. The molecule has 2 aromatic heterocycles. The van der Waals surface area contributed by atoms with Crippen LogP contribution in [0.3, 0.4) is 0 Å². The molecule has 8 heteroatoms. The van der Waals surface area contributed by atoms with E-state index in [-0.39, 0.29) is 17.9 Å². The van der Waals surface area contributed by atoms with Gasteiger partial charge in [-0.25, -0.2) is 18.7 Å². The largest absolute Gasteiger partial charge is 0.489 e. The molecule has 2 heterocycles. The van der Waals surface area contributed by atoms with Crippen LogP contribution in [0, 0.1) is 5.82 Å². The first kappa shape index (κ1) is 18.6. The van der Waals surface area contributed by atoms with E-state index in [2.05, 4.69) is 32.6 Å². The van der Waals surface area contributed by atoms with Crippen LogP contribution < -0.4 is 4.74 Å². The number of ether oxygens (including phenoxy) is 2. The molecule has 0 atom stereocenters. The highest BCUT2D eigenvalue weighted by atomic mass is 79.9. The number of esters is 1. The van der Waals surface area contributed by atoms with Crippen LogP contribution in [0.1, 0.15) is 34.9 Å². The molecule has 0 bridgehead atoms. The van der Waals surface area contributed by atoms with Gasteiger partial charge in [-0.1, -0.05) is 28.6 Å². The first-order chi connectivity index (χ1) is 13.5. The lowest BCUT2D eigenvalue weighted by molar-refractivity contribution is 0.0594. The highest BCUT2D eigenvalue weighted by molar-refractivity contribution is 9.10. The first-order valence-corrected chi connectivity index (χ1v) is 9.53. The minimum Gasteiger partial charge on any atom is -0.489 e. The third-order valence-electron chi connectivity index (χ3n) is 4.48. The maximum atomic E-state index is 14.8. The molecule has 28 heavy (non-hydrogen) atoms. The van der Waals surface area contributed by atoms with E-state index in [1.807, 2.05) is 0 Å². The summed E-state index contributed by atoms with van der Waals surface area (Å²) >= 11 is 3.28. The van der Waals surface area contributed by atoms with Crippen LogP contribution >= 0.6 is 15.9 Å². The standard InChI is InChI=1S/C20H17BrFN3O3/c1-3-6-28-17-8-12(21)7-13(22)19(17)14-10-18-23-15(20(26)27-2)9-16(11-4-5-11)25(18)24-14/h3,7-11H,1,4-6H2,2H3. The summed E-state index contributed by atoms with van der Waals surface area (Å²) in [6.07, 6.45) is 3.60. The molecule has 0 aliphatic heterocycles. The van der Waals surface area contributed by atoms with Crippen molar-refractivity contribution < 1.29 is 18.7 Å². The maximum absolute atomic E-state index is 14.8. The van der Waals surface area contributed by atoms with E-state index in [0.717, 1.165) is 18.5 Å². The number of halogens is 2. The predicted molar refractivity (Wildman–Crippen MR) is 105 cm³/mol. The predicted octanol–water partition coefficient (Wildman–Crippen LogP) is 4.53. The van der Waals surface area contributed by atoms with Crippen molar-refractivity contribution in [2.75, 3.05) is 13.7 Å². The third-order valence-corrected chi connectivity index (χ3v) is 4.93. The van der Waals surface area contributed by atoms with E-state index in [1.165, 1.54) is 13.2 Å². The van der Waals surface area contributed by atoms with Crippen molar-refractivity contribution in [1.82, 2.24) is 14.6 Å². The van der Waals surface area contributed by atoms with Crippen molar-refractivity contribution >= 4 is 27.5 Å². The summed E-state index contributed by atoms with van der Waals surface area (Å²) in [5.74, 6) is -0.348. The van der Waals surface area contributed by atoms with E-state index < -0.39 is 11.8 Å². The zero-order valence-corrected chi connectivity index (χ0v) is 16.7. The summed E-state index contributed by atoms with van der Waals surface area (Å²) in [7, 11) is 1.31. The number of carbonyl (C=O) groups excluding carboxylic acids is 1. The minimum absolute atomic E-state index is 0.211. The van der Waals surface area contributed by atoms with Gasteiger partial charge in [-0.15, -0.1) is 0 Å². The van der Waals surface area contributed by atoms with Crippen molar-refractivity contribution in [2.24, 2.45) is 0 Å². The van der Waals surface area contributed by atoms with E-state index in [9.17, 15) is 9.18 Å². The molecule has 1 saturated carbocycles. The highest BCUT2D eigenvalue weighted by Gasteiger charge is 2.29. The number of nitrogens with zero attached hydrogens (tertiary/aromatic N) is 3. The summed E-state index contributed by atoms with van der Waals surface area (Å²) in [4.78, 5) is 16.3. The molecule has 0 spiro atoms. The van der Waals surface area contributed by atoms with Crippen LogP contribution in [0.4, 0.5) is 4.39 Å². The lowest BCUT2D eigenvalue weighted by atomic mass is 10.1. The Morgan fingerprint density at radius 2 is 2.18 bits per heavy atom. The smallest absolute Gasteiger partial charge is 0.356 e. The first-order valence-electron chi connectivity index (χ1n) is 8.74. The lowest BCUT2D eigenvalue weighted by Gasteiger charge is -2.10. The SMILES string of the molecule is C=CCOc1cc(Br)cc(F)c1-c1cc2nc(C(=O)OC)cc(C3CC3)n2n1. The van der Waals surface area contributed by atoms with Gasteiger partial charge in [-0.2, -0.15) is 5.10 Å². The van der Waals surface area contributed by atoms with Crippen molar-refractivity contribution in [1.29, 1.82) is 0 Å². The summed E-state index contributed by atoms with van der Waals surface area (Å²) in [5.41, 5.74) is 2.14. The number of methoxy groups -OCH3 is 1. The quantitative estimate of drug-likeness (QED) is 0.411. The fraction of sp³-hybridized carbons (Fsp3) is 0.250. The van der Waals surface area contributed by atoms with Crippen LogP contribution in [-0.4, -0.2) is 34.3 Å². The van der Waals surface area contributed by atoms with Gasteiger partial charge in [0, 0.05) is 22.2 Å². The average molecular weight is 446 g/mol. The fourth-order valence-electron chi connectivity index (χ4n) is 3.06. The normalized spacial score (nSPS) is 13.5. The number of rotatable bonds is 6. The molecule has 1 fully saturated rings. The van der Waals surface area contributed by atoms with Gasteiger partial charge in [-0.3, -0.25) is 0 Å². The number of benzene rings is 1. The topological polar surface area (TPSA) is 65.7 Å². The second kappa shape index (κ2) is 7.35. The fourth-order valence-corrected chi connectivity index (χ4v) is 3.47. The molecule has 4 rings (SSSR count). The average Bonchev–Trinajstić information content (AvgIpc) is 3.43. The number of fused-ring (bicyclic) bond motifs is 1. The maximum Gasteiger partial charge on any atom is 0.356 e. The molecular weight excluding hydrogens is 429 g/mol. The molecule has 0 N–H and O–H groups in total. The molecule has 1 aliphatic rings. The van der Waals surface area contributed by atoms with Gasteiger partial charge in [-0.05, 0) is 31.0 Å². The lowest BCUT2D eigenvalue weighted by Crippen LogP contribution is -2.09. The zero-order chi connectivity index (χ0) is 19.8. The molecule has 0 radical (unpaired) electrons. The zero-order valence-electron chi connectivity index (χ0n) is 15.1. The minimum atomic E-state index is -0.517. The number of carbonyl (C=O) groups is 1. The van der Waals surface area contributed by atoms with Crippen LogP contribution in [-0.2, 0) is 4.74 Å². The Labute approximate surface area is 169 Å². The van der Waals surface area contributed by atoms with Gasteiger partial charge in [0.1, 0.15) is 23.9 Å². The molecule has 0 amide bonds. The van der Waals surface area contributed by atoms with Gasteiger partial charge in [0.05, 0.1) is 12.7 Å². The monoisotopic (exact) mass is 445 g/mol. The molecule has 1 aromatic carbocycles. The van der Waals surface area contributed by atoms with Crippen LogP contribution in [0.2, 0.25) is 0 Å². The van der Waals surface area contributed by atoms with Crippen molar-refractivity contribution in [2.45, 2.75) is 18.8 Å². The van der Waals surface area contributed by atoms with Crippen molar-refractivity contribution in [3.63, 3.8) is 0 Å². The number of aromatic nitrogens is 3. The summed E-state index contributed by atoms with van der Waals surface area (Å²) in [6.45, 7) is 3.86. The van der Waals surface area contributed by atoms with E-state index in [0.29, 0.717) is 27.5 Å². The molecule has 3 aromatic rings. The van der Waals surface area contributed by atoms with Crippen LogP contribution in [0.15, 0.2) is 41.4 Å². The molecule has 0 saturated heterocycles. The second-order valence-electron chi connectivity index (χ2n) is 6.49. The molecule has 0 unspecified atom stereocenters. The summed E-state index contributed by atoms with van der Waals surface area (Å²) < 4.78 is 27.5. The molecule has 144 valence electrons. The Balaban J connectivity index is 1.90. The Morgan fingerprint density at radius 1 is 1.39 bits per heavy atom. The molecule has 1 aliphatic carbocycles. The van der Waals surface area contributed by atoms with Gasteiger partial charge >= 0.3 is 5.97 Å². The third kappa shape index (κ3) is 3.40. The Morgan fingerprint density at radius 3 is 2.86 bits per heavy atom. The molecular formula is C20H17BrFN3O3. The Kier molecular flexibility index (Phi) is 4.89. The number of hydrogen-bond acceptors (Lipinski definition) is 5. The van der Waals surface area contributed by atoms with Crippen LogP contribution in [0.25, 0.3) is 16.9 Å². The van der Waals surface area contributed by atoms with Gasteiger partial charge < -0.3 is 9.47 Å². The van der Waals surface area contributed by atoms with Crippen molar-refractivity contribution in [3.8, 4) is 17.0 Å². The Bertz CT molecular complexity index is 1090. The van der Waals surface area contributed by atoms with Gasteiger partial charge in [0.25, 0.3) is 0 Å². The number of hydrogen-bond donors (Lipinski definition) is 0. The van der Waals surface area contributed by atoms with E-state index in [1.54, 1.807) is 28.8 Å². The highest BCUT2D eigenvalue weighted by Crippen LogP contribution is 2.41. The molecule has 6 nitrogen and oxygen atoms in total. The van der Waals surface area contributed by atoms with Crippen LogP contribution in [0.5, 0.6) is 5.75 Å². The second-order valence-corrected chi connectivity index (χ2v) is 7.41. The van der Waals surface area contributed by atoms with E-state index >= 15 is 0 Å². The van der Waals surface area contributed by atoms with Gasteiger partial charge in [0.2, 0.25) is 0 Å². The summed E-state index contributed by atoms with van der Waals surface area (Å²) in [6, 6.07) is 6.38. The van der Waals surface area contributed by atoms with Gasteiger partial charge in [0.15, 0.2) is 11.3 Å². The van der Waals surface area contributed by atoms with Crippen molar-refractivity contribution in [3.05, 3.63) is 58.6 Å². The van der Waals surface area contributed by atoms with E-state index in [4.69, 9.17) is 9.47 Å². The Hall–Kier alpha value is -2.74.